The van der Waals surface area contributed by atoms with Crippen molar-refractivity contribution < 1.29 is 37.1 Å². The minimum atomic E-state index is -4.23. The SMILES string of the molecule is C=C[C@@H]1C[C@]1(CC(=O)[C@@H]1C[C@@H](Oc2cc(-c3ccccc3)nc3cc(OC)ccc23)CN1C(=O)[C@@H](CC(=O)N1CCCCC1)C(C)(C)C)C(=O)NS(=O)(=O)c1ccccc1. The van der Waals surface area contributed by atoms with Gasteiger partial charge in [-0.2, -0.15) is 0 Å². The van der Waals surface area contributed by atoms with Crippen LogP contribution in [0.15, 0.2) is 102 Å². The Kier molecular flexibility index (Phi) is 12.2. The third-order valence-corrected chi connectivity index (χ3v) is 13.7. The van der Waals surface area contributed by atoms with E-state index in [0.29, 0.717) is 41.2 Å². The number of ether oxygens (including phenoxy) is 2. The van der Waals surface area contributed by atoms with E-state index in [1.807, 2.05) is 80.3 Å². The van der Waals surface area contributed by atoms with Crippen LogP contribution < -0.4 is 14.2 Å². The second-order valence-corrected chi connectivity index (χ2v) is 19.1. The van der Waals surface area contributed by atoms with E-state index in [4.69, 9.17) is 14.5 Å². The molecular weight excluding hydrogens is 781 g/mol. The number of carbonyl (C=O) groups excluding carboxylic acids is 4. The molecule has 13 heteroatoms. The fraction of sp³-hybridized carbons (Fsp3) is 0.426. The predicted molar refractivity (Wildman–Crippen MR) is 228 cm³/mol. The van der Waals surface area contributed by atoms with Crippen molar-refractivity contribution in [3.8, 4) is 22.8 Å². The first kappa shape index (κ1) is 42.6. The monoisotopic (exact) mass is 834 g/mol. The van der Waals surface area contributed by atoms with Gasteiger partial charge in [0.25, 0.3) is 10.0 Å². The molecule has 1 N–H and O–H groups in total. The minimum absolute atomic E-state index is 0.00917. The van der Waals surface area contributed by atoms with Gasteiger partial charge in [0.2, 0.25) is 17.7 Å². The van der Waals surface area contributed by atoms with Crippen LogP contribution in [0.3, 0.4) is 0 Å². The molecule has 0 bridgehead atoms. The number of Topliss-reactive ketones (excluding diaryl/α,β-unsaturated/α-hetero) is 1. The standard InChI is InChI=1S/C47H54N4O8S/c1-6-32-28-47(32,45(55)49-60(56,57)35-18-12-8-13-19-35)29-41(52)40-25-34(30-51(40)44(54)37(46(2,3)4)26-43(53)50-22-14-9-15-23-50)59-42-27-38(31-16-10-7-11-17-31)48-39-24-33(58-5)20-21-36(39)42/h6-8,10-13,16-21,24,27,32,34,37,40H,1,9,14-15,22-23,25-26,28-30H2,2-5H3,(H,49,55)/t32-,34-,37-,40+,47-/m1/s1. The van der Waals surface area contributed by atoms with Gasteiger partial charge in [0, 0.05) is 55.4 Å². The Morgan fingerprint density at radius 3 is 2.28 bits per heavy atom. The zero-order chi connectivity index (χ0) is 42.8. The number of hydrogen-bond acceptors (Lipinski definition) is 9. The van der Waals surface area contributed by atoms with E-state index >= 15 is 0 Å². The third kappa shape index (κ3) is 8.96. The fourth-order valence-corrected chi connectivity index (χ4v) is 9.76. The number of carbonyl (C=O) groups is 4. The summed E-state index contributed by atoms with van der Waals surface area (Å²) in [6.45, 7) is 11.0. The average Bonchev–Trinajstić information content (AvgIpc) is 3.81. The molecule has 1 aliphatic carbocycles. The highest BCUT2D eigenvalue weighted by atomic mass is 32.2. The molecule has 5 atom stereocenters. The van der Waals surface area contributed by atoms with Crippen molar-refractivity contribution in [1.29, 1.82) is 0 Å². The molecule has 3 amide bonds. The van der Waals surface area contributed by atoms with Crippen LogP contribution in [0.4, 0.5) is 0 Å². The van der Waals surface area contributed by atoms with E-state index in [9.17, 15) is 27.6 Å². The van der Waals surface area contributed by atoms with Crippen LogP contribution in [0.1, 0.15) is 65.7 Å². The van der Waals surface area contributed by atoms with Crippen LogP contribution >= 0.6 is 0 Å². The molecular formula is C47H54N4O8S. The molecule has 3 aromatic carbocycles. The van der Waals surface area contributed by atoms with E-state index in [1.54, 1.807) is 31.4 Å². The van der Waals surface area contributed by atoms with Gasteiger partial charge in [-0.1, -0.05) is 75.4 Å². The summed E-state index contributed by atoms with van der Waals surface area (Å²) in [4.78, 5) is 65.6. The van der Waals surface area contributed by atoms with Gasteiger partial charge in [-0.05, 0) is 61.3 Å². The summed E-state index contributed by atoms with van der Waals surface area (Å²) in [6, 6.07) is 23.6. The number of amides is 3. The van der Waals surface area contributed by atoms with Crippen molar-refractivity contribution >= 4 is 44.4 Å². The topological polar surface area (TPSA) is 152 Å². The smallest absolute Gasteiger partial charge is 0.264 e. The summed E-state index contributed by atoms with van der Waals surface area (Å²) in [5.74, 6) is -1.69. The Morgan fingerprint density at radius 1 is 0.967 bits per heavy atom. The molecule has 7 rings (SSSR count). The second kappa shape index (κ2) is 17.2. The van der Waals surface area contributed by atoms with Gasteiger partial charge < -0.3 is 19.3 Å². The quantitative estimate of drug-likeness (QED) is 0.133. The zero-order valence-electron chi connectivity index (χ0n) is 34.8. The van der Waals surface area contributed by atoms with Crippen molar-refractivity contribution in [2.24, 2.45) is 22.7 Å². The highest BCUT2D eigenvalue weighted by molar-refractivity contribution is 7.90. The lowest BCUT2D eigenvalue weighted by molar-refractivity contribution is -0.148. The number of likely N-dealkylation sites (tertiary alicyclic amines) is 2. The largest absolute Gasteiger partial charge is 0.497 e. The molecule has 1 aromatic heterocycles. The molecule has 2 aliphatic heterocycles. The van der Waals surface area contributed by atoms with Crippen molar-refractivity contribution in [1.82, 2.24) is 19.5 Å². The Morgan fingerprint density at radius 2 is 1.65 bits per heavy atom. The maximum atomic E-state index is 15.0. The molecule has 60 heavy (non-hydrogen) atoms. The van der Waals surface area contributed by atoms with Crippen molar-refractivity contribution in [3.63, 3.8) is 0 Å². The third-order valence-electron chi connectivity index (χ3n) is 12.3. The lowest BCUT2D eigenvalue weighted by atomic mass is 9.77. The summed E-state index contributed by atoms with van der Waals surface area (Å²) in [7, 11) is -2.65. The normalized spacial score (nSPS) is 22.2. The number of sulfonamides is 1. The van der Waals surface area contributed by atoms with Crippen molar-refractivity contribution in [3.05, 3.63) is 97.6 Å². The van der Waals surface area contributed by atoms with Gasteiger partial charge in [-0.25, -0.2) is 18.1 Å². The second-order valence-electron chi connectivity index (χ2n) is 17.4. The van der Waals surface area contributed by atoms with Gasteiger partial charge in [-0.15, -0.1) is 6.58 Å². The number of allylic oxidation sites excluding steroid dienone is 1. The van der Waals surface area contributed by atoms with Gasteiger partial charge in [-0.3, -0.25) is 19.2 Å². The van der Waals surface area contributed by atoms with E-state index in [2.05, 4.69) is 11.3 Å². The van der Waals surface area contributed by atoms with E-state index in [1.165, 1.54) is 17.0 Å². The number of nitrogens with zero attached hydrogens (tertiary/aromatic N) is 3. The van der Waals surface area contributed by atoms with E-state index < -0.39 is 56.5 Å². The van der Waals surface area contributed by atoms with E-state index in [-0.39, 0.29) is 48.9 Å². The van der Waals surface area contributed by atoms with Crippen molar-refractivity contribution in [2.75, 3.05) is 26.7 Å². The molecule has 3 aliphatic rings. The molecule has 3 heterocycles. The number of fused-ring (bicyclic) bond motifs is 1. The first-order chi connectivity index (χ1) is 28.6. The number of aromatic nitrogens is 1. The van der Waals surface area contributed by atoms with Crippen LogP contribution in [0.25, 0.3) is 22.2 Å². The summed E-state index contributed by atoms with van der Waals surface area (Å²) < 4.78 is 41.1. The van der Waals surface area contributed by atoms with Gasteiger partial charge in [0.1, 0.15) is 17.6 Å². The van der Waals surface area contributed by atoms with Gasteiger partial charge in [0.05, 0.1) is 47.1 Å². The zero-order valence-corrected chi connectivity index (χ0v) is 35.6. The highest BCUT2D eigenvalue weighted by Gasteiger charge is 2.61. The first-order valence-corrected chi connectivity index (χ1v) is 22.2. The maximum absolute atomic E-state index is 15.0. The van der Waals surface area contributed by atoms with E-state index in [0.717, 1.165) is 24.8 Å². The predicted octanol–water partition coefficient (Wildman–Crippen LogP) is 6.98. The molecule has 316 valence electrons. The molecule has 4 aromatic rings. The number of rotatable bonds is 14. The fourth-order valence-electron chi connectivity index (χ4n) is 8.68. The summed E-state index contributed by atoms with van der Waals surface area (Å²) in [6.07, 6.45) is 3.81. The summed E-state index contributed by atoms with van der Waals surface area (Å²) in [5.41, 5.74) is 0.158. The van der Waals surface area contributed by atoms with Crippen molar-refractivity contribution in [2.45, 2.75) is 82.8 Å². The number of methoxy groups -OCH3 is 1. The molecule has 0 radical (unpaired) electrons. The van der Waals surface area contributed by atoms with Crippen LogP contribution in [-0.4, -0.2) is 85.6 Å². The lowest BCUT2D eigenvalue weighted by Gasteiger charge is -2.36. The van der Waals surface area contributed by atoms with Crippen LogP contribution in [0.5, 0.6) is 11.5 Å². The van der Waals surface area contributed by atoms with Crippen LogP contribution in [-0.2, 0) is 29.2 Å². The number of hydrogen-bond donors (Lipinski definition) is 1. The molecule has 2 saturated heterocycles. The Balaban J connectivity index is 1.22. The van der Waals surface area contributed by atoms with Crippen LogP contribution in [0.2, 0.25) is 0 Å². The van der Waals surface area contributed by atoms with Crippen LogP contribution in [0, 0.1) is 22.7 Å². The number of pyridine rings is 1. The number of ketones is 1. The number of benzene rings is 3. The van der Waals surface area contributed by atoms with Gasteiger partial charge in [0.15, 0.2) is 5.78 Å². The van der Waals surface area contributed by atoms with Gasteiger partial charge >= 0.3 is 0 Å². The Bertz CT molecular complexity index is 2380. The molecule has 0 spiro atoms. The Labute approximate surface area is 352 Å². The molecule has 0 unspecified atom stereocenters. The first-order valence-electron chi connectivity index (χ1n) is 20.7. The Hall–Kier alpha value is -5.56. The number of piperidine rings is 1. The maximum Gasteiger partial charge on any atom is 0.264 e. The minimum Gasteiger partial charge on any atom is -0.497 e. The highest BCUT2D eigenvalue weighted by Crippen LogP contribution is 2.57. The molecule has 1 saturated carbocycles. The molecule has 3 fully saturated rings. The number of nitrogens with one attached hydrogen (secondary N) is 1. The summed E-state index contributed by atoms with van der Waals surface area (Å²) >= 11 is 0. The lowest BCUT2D eigenvalue weighted by Crippen LogP contribution is -2.49. The summed E-state index contributed by atoms with van der Waals surface area (Å²) in [5, 5.41) is 0.713. The molecule has 12 nitrogen and oxygen atoms in total. The average molecular weight is 835 g/mol.